The van der Waals surface area contributed by atoms with Crippen LogP contribution in [0, 0.1) is 23.7 Å². The van der Waals surface area contributed by atoms with Gasteiger partial charge in [0.15, 0.2) is 0 Å². The zero-order chi connectivity index (χ0) is 18.8. The van der Waals surface area contributed by atoms with Crippen LogP contribution in [0.25, 0.3) is 0 Å². The molecule has 4 atom stereocenters. The number of hydrogen-bond donors (Lipinski definition) is 0. The van der Waals surface area contributed by atoms with Gasteiger partial charge in [-0.1, -0.05) is 72.6 Å². The SMILES string of the molecule is CCCCCCOC1CCC(OCC2CCC(CCC)CC2)C(C)C1C. The molecule has 0 aromatic heterocycles. The van der Waals surface area contributed by atoms with Crippen molar-refractivity contribution in [3.63, 3.8) is 0 Å². The molecule has 0 aromatic rings. The minimum absolute atomic E-state index is 0.455. The summed E-state index contributed by atoms with van der Waals surface area (Å²) in [5.74, 6) is 3.07. The Bertz CT molecular complexity index is 348. The molecule has 0 spiro atoms. The van der Waals surface area contributed by atoms with Gasteiger partial charge in [0, 0.05) is 13.2 Å². The van der Waals surface area contributed by atoms with Gasteiger partial charge in [-0.25, -0.2) is 0 Å². The van der Waals surface area contributed by atoms with Crippen LogP contribution in [0.2, 0.25) is 0 Å². The fraction of sp³-hybridized carbons (Fsp3) is 1.00. The summed E-state index contributed by atoms with van der Waals surface area (Å²) in [6.45, 7) is 11.3. The third kappa shape index (κ3) is 7.15. The van der Waals surface area contributed by atoms with Crippen LogP contribution in [0.4, 0.5) is 0 Å². The van der Waals surface area contributed by atoms with Crippen molar-refractivity contribution < 1.29 is 9.47 Å². The van der Waals surface area contributed by atoms with Gasteiger partial charge in [-0.15, -0.1) is 0 Å². The molecule has 0 heterocycles. The van der Waals surface area contributed by atoms with Crippen LogP contribution in [0.5, 0.6) is 0 Å². The second kappa shape index (κ2) is 12.4. The second-order valence-electron chi connectivity index (χ2n) is 9.31. The molecular formula is C24H46O2. The maximum absolute atomic E-state index is 6.45. The maximum Gasteiger partial charge on any atom is 0.0605 e. The summed E-state index contributed by atoms with van der Waals surface area (Å²) in [6.07, 6.45) is 16.9. The molecule has 4 unspecified atom stereocenters. The Balaban J connectivity index is 1.63. The van der Waals surface area contributed by atoms with E-state index in [2.05, 4.69) is 27.7 Å². The van der Waals surface area contributed by atoms with Crippen LogP contribution >= 0.6 is 0 Å². The topological polar surface area (TPSA) is 18.5 Å². The zero-order valence-corrected chi connectivity index (χ0v) is 18.2. The van der Waals surface area contributed by atoms with Crippen molar-refractivity contribution in [1.82, 2.24) is 0 Å². The van der Waals surface area contributed by atoms with Gasteiger partial charge >= 0.3 is 0 Å². The molecule has 2 saturated carbocycles. The Morgan fingerprint density at radius 1 is 0.654 bits per heavy atom. The van der Waals surface area contributed by atoms with Crippen molar-refractivity contribution in [2.45, 2.75) is 117 Å². The van der Waals surface area contributed by atoms with Gasteiger partial charge in [0.05, 0.1) is 12.2 Å². The molecule has 154 valence electrons. The summed E-state index contributed by atoms with van der Waals surface area (Å²) in [6, 6.07) is 0. The molecular weight excluding hydrogens is 320 g/mol. The molecule has 2 aliphatic carbocycles. The molecule has 0 saturated heterocycles. The summed E-state index contributed by atoms with van der Waals surface area (Å²) in [7, 11) is 0. The van der Waals surface area contributed by atoms with E-state index < -0.39 is 0 Å². The fourth-order valence-corrected chi connectivity index (χ4v) is 5.12. The number of unbranched alkanes of at least 4 members (excludes halogenated alkanes) is 3. The highest BCUT2D eigenvalue weighted by molar-refractivity contribution is 4.85. The van der Waals surface area contributed by atoms with Crippen molar-refractivity contribution in [3.8, 4) is 0 Å². The van der Waals surface area contributed by atoms with Gasteiger partial charge in [-0.05, 0) is 55.8 Å². The minimum Gasteiger partial charge on any atom is -0.378 e. The third-order valence-electron chi connectivity index (χ3n) is 7.28. The lowest BCUT2D eigenvalue weighted by Gasteiger charge is -2.40. The molecule has 2 rings (SSSR count). The smallest absolute Gasteiger partial charge is 0.0605 e. The summed E-state index contributed by atoms with van der Waals surface area (Å²) in [4.78, 5) is 0. The summed E-state index contributed by atoms with van der Waals surface area (Å²) < 4.78 is 12.7. The Morgan fingerprint density at radius 2 is 1.27 bits per heavy atom. The molecule has 0 aromatic carbocycles. The summed E-state index contributed by atoms with van der Waals surface area (Å²) >= 11 is 0. The number of rotatable bonds is 11. The molecule has 0 aliphatic heterocycles. The average molecular weight is 367 g/mol. The standard InChI is InChI=1S/C24H46O2/c1-5-7-8-9-17-25-23-15-16-24(20(4)19(23)3)26-18-22-13-11-21(10-6-2)12-14-22/h19-24H,5-18H2,1-4H3. The van der Waals surface area contributed by atoms with E-state index in [0.29, 0.717) is 24.0 Å². The minimum atomic E-state index is 0.455. The molecule has 26 heavy (non-hydrogen) atoms. The first kappa shape index (κ1) is 22.2. The highest BCUT2D eigenvalue weighted by Gasteiger charge is 2.35. The normalized spacial score (nSPS) is 35.5. The predicted octanol–water partition coefficient (Wildman–Crippen LogP) is 7.01. The first-order chi connectivity index (χ1) is 12.7. The quantitative estimate of drug-likeness (QED) is 0.366. The van der Waals surface area contributed by atoms with Gasteiger partial charge in [-0.3, -0.25) is 0 Å². The molecule has 2 fully saturated rings. The molecule has 2 heteroatoms. The van der Waals surface area contributed by atoms with E-state index >= 15 is 0 Å². The molecule has 0 radical (unpaired) electrons. The van der Waals surface area contributed by atoms with Crippen LogP contribution in [0.15, 0.2) is 0 Å². The van der Waals surface area contributed by atoms with Crippen molar-refractivity contribution in [3.05, 3.63) is 0 Å². The zero-order valence-electron chi connectivity index (χ0n) is 18.2. The van der Waals surface area contributed by atoms with E-state index in [-0.39, 0.29) is 0 Å². The number of ether oxygens (including phenoxy) is 2. The van der Waals surface area contributed by atoms with Crippen LogP contribution < -0.4 is 0 Å². The monoisotopic (exact) mass is 366 g/mol. The van der Waals surface area contributed by atoms with Crippen LogP contribution in [0.3, 0.4) is 0 Å². The molecule has 2 aliphatic rings. The van der Waals surface area contributed by atoms with E-state index in [0.717, 1.165) is 25.0 Å². The second-order valence-corrected chi connectivity index (χ2v) is 9.31. The third-order valence-corrected chi connectivity index (χ3v) is 7.28. The van der Waals surface area contributed by atoms with Gasteiger partial charge in [0.1, 0.15) is 0 Å². The first-order valence-electron chi connectivity index (χ1n) is 11.9. The van der Waals surface area contributed by atoms with Gasteiger partial charge in [0.25, 0.3) is 0 Å². The predicted molar refractivity (Wildman–Crippen MR) is 112 cm³/mol. The van der Waals surface area contributed by atoms with E-state index in [9.17, 15) is 0 Å². The number of hydrogen-bond acceptors (Lipinski definition) is 2. The van der Waals surface area contributed by atoms with Gasteiger partial charge < -0.3 is 9.47 Å². The van der Waals surface area contributed by atoms with E-state index in [4.69, 9.17) is 9.47 Å². The summed E-state index contributed by atoms with van der Waals surface area (Å²) in [5.41, 5.74) is 0. The van der Waals surface area contributed by atoms with Gasteiger partial charge in [0.2, 0.25) is 0 Å². The average Bonchev–Trinajstić information content (AvgIpc) is 2.65. The van der Waals surface area contributed by atoms with Gasteiger partial charge in [-0.2, -0.15) is 0 Å². The largest absolute Gasteiger partial charge is 0.378 e. The Labute approximate surface area is 163 Å². The fourth-order valence-electron chi connectivity index (χ4n) is 5.12. The van der Waals surface area contributed by atoms with Crippen molar-refractivity contribution in [1.29, 1.82) is 0 Å². The Morgan fingerprint density at radius 3 is 1.88 bits per heavy atom. The van der Waals surface area contributed by atoms with E-state index in [1.165, 1.54) is 77.0 Å². The molecule has 0 N–H and O–H groups in total. The molecule has 0 amide bonds. The van der Waals surface area contributed by atoms with Crippen LogP contribution in [0.1, 0.15) is 105 Å². The maximum atomic E-state index is 6.45. The van der Waals surface area contributed by atoms with Crippen molar-refractivity contribution in [2.75, 3.05) is 13.2 Å². The first-order valence-corrected chi connectivity index (χ1v) is 11.9. The molecule has 0 bridgehead atoms. The Hall–Kier alpha value is -0.0800. The lowest BCUT2D eigenvalue weighted by atomic mass is 9.77. The highest BCUT2D eigenvalue weighted by Crippen LogP contribution is 2.36. The van der Waals surface area contributed by atoms with E-state index in [1.54, 1.807) is 0 Å². The van der Waals surface area contributed by atoms with E-state index in [1.807, 2.05) is 0 Å². The van der Waals surface area contributed by atoms with Crippen molar-refractivity contribution >= 4 is 0 Å². The summed E-state index contributed by atoms with van der Waals surface area (Å²) in [5, 5.41) is 0. The molecule has 2 nitrogen and oxygen atoms in total. The van der Waals surface area contributed by atoms with Crippen LogP contribution in [-0.2, 0) is 9.47 Å². The van der Waals surface area contributed by atoms with Crippen molar-refractivity contribution in [2.24, 2.45) is 23.7 Å². The highest BCUT2D eigenvalue weighted by atomic mass is 16.5. The lowest BCUT2D eigenvalue weighted by Crippen LogP contribution is -2.41. The lowest BCUT2D eigenvalue weighted by molar-refractivity contribution is -0.0994. The Kier molecular flexibility index (Phi) is 10.6. The van der Waals surface area contributed by atoms with Crippen LogP contribution in [-0.4, -0.2) is 25.4 Å².